The van der Waals surface area contributed by atoms with Crippen LogP contribution < -0.4 is 0 Å². The lowest BCUT2D eigenvalue weighted by atomic mass is 9.86. The van der Waals surface area contributed by atoms with Crippen LogP contribution in [-0.2, 0) is 15.1 Å². The first kappa shape index (κ1) is 16.8. The van der Waals surface area contributed by atoms with Crippen molar-refractivity contribution in [3.63, 3.8) is 0 Å². The Hall–Kier alpha value is -1.55. The van der Waals surface area contributed by atoms with Crippen molar-refractivity contribution in [3.05, 3.63) is 69.7 Å². The molecule has 0 radical (unpaired) electrons. The topological polar surface area (TPSA) is 46.5 Å². The summed E-state index contributed by atoms with van der Waals surface area (Å²) in [5, 5.41) is 11.0. The van der Waals surface area contributed by atoms with Crippen molar-refractivity contribution in [2.45, 2.75) is 25.6 Å². The number of halogens is 2. The predicted molar refractivity (Wildman–Crippen MR) is 87.5 cm³/mol. The van der Waals surface area contributed by atoms with E-state index in [1.54, 1.807) is 62.4 Å². The van der Waals surface area contributed by atoms with Gasteiger partial charge in [-0.2, -0.15) is 0 Å². The molecule has 0 bridgehead atoms. The van der Waals surface area contributed by atoms with Crippen LogP contribution in [0.25, 0.3) is 0 Å². The summed E-state index contributed by atoms with van der Waals surface area (Å²) < 4.78 is 5.87. The van der Waals surface area contributed by atoms with E-state index in [4.69, 9.17) is 27.9 Å². The Kier molecular flexibility index (Phi) is 5.12. The standard InChI is InChI=1S/C17H16Cl2O3/c1-11(2)22-17(16(20)21,12-3-7-14(18)8-4-12)13-5-9-15(19)10-6-13/h3-11H,1-2H3,(H,20,21). The molecule has 22 heavy (non-hydrogen) atoms. The number of ether oxygens (including phenoxy) is 1. The highest BCUT2D eigenvalue weighted by Gasteiger charge is 2.44. The van der Waals surface area contributed by atoms with Gasteiger partial charge in [-0.1, -0.05) is 47.5 Å². The van der Waals surface area contributed by atoms with Crippen molar-refractivity contribution in [1.82, 2.24) is 0 Å². The van der Waals surface area contributed by atoms with E-state index in [1.807, 2.05) is 0 Å². The summed E-state index contributed by atoms with van der Waals surface area (Å²) in [6.07, 6.45) is -0.289. The van der Waals surface area contributed by atoms with Crippen molar-refractivity contribution < 1.29 is 14.6 Å². The Bertz CT molecular complexity index is 603. The summed E-state index contributed by atoms with van der Waals surface area (Å²) in [5.41, 5.74) is -0.607. The summed E-state index contributed by atoms with van der Waals surface area (Å²) >= 11 is 11.8. The van der Waals surface area contributed by atoms with E-state index in [1.165, 1.54) is 0 Å². The van der Waals surface area contributed by atoms with Gasteiger partial charge in [-0.25, -0.2) is 4.79 Å². The Morgan fingerprint density at radius 2 is 1.32 bits per heavy atom. The van der Waals surface area contributed by atoms with E-state index in [0.717, 1.165) is 0 Å². The molecule has 2 aromatic rings. The number of hydrogen-bond acceptors (Lipinski definition) is 2. The molecule has 0 aliphatic rings. The second kappa shape index (κ2) is 6.69. The first-order chi connectivity index (χ1) is 10.4. The highest BCUT2D eigenvalue weighted by molar-refractivity contribution is 6.30. The van der Waals surface area contributed by atoms with E-state index in [-0.39, 0.29) is 6.10 Å². The van der Waals surface area contributed by atoms with Crippen LogP contribution in [0.15, 0.2) is 48.5 Å². The molecule has 0 saturated heterocycles. The molecular formula is C17H16Cl2O3. The lowest BCUT2D eigenvalue weighted by Gasteiger charge is -2.32. The molecule has 0 amide bonds. The number of benzene rings is 2. The quantitative estimate of drug-likeness (QED) is 0.855. The summed E-state index contributed by atoms with van der Waals surface area (Å²) in [5.74, 6) is -1.09. The van der Waals surface area contributed by atoms with Gasteiger partial charge in [0.05, 0.1) is 6.10 Å². The van der Waals surface area contributed by atoms with Crippen LogP contribution in [0, 0.1) is 0 Å². The molecule has 2 rings (SSSR count). The fourth-order valence-electron chi connectivity index (χ4n) is 2.32. The van der Waals surface area contributed by atoms with Gasteiger partial charge in [-0.05, 0) is 49.2 Å². The second-order valence-corrected chi connectivity index (χ2v) is 6.04. The Balaban J connectivity index is 2.67. The average molecular weight is 339 g/mol. The lowest BCUT2D eigenvalue weighted by molar-refractivity contribution is -0.166. The van der Waals surface area contributed by atoms with Crippen molar-refractivity contribution in [1.29, 1.82) is 0 Å². The van der Waals surface area contributed by atoms with E-state index >= 15 is 0 Å². The molecule has 0 fully saturated rings. The number of carbonyl (C=O) groups is 1. The molecule has 0 heterocycles. The Morgan fingerprint density at radius 1 is 0.955 bits per heavy atom. The van der Waals surface area contributed by atoms with Gasteiger partial charge in [0.25, 0.3) is 0 Å². The summed E-state index contributed by atoms with van der Waals surface area (Å²) in [4.78, 5) is 12.1. The van der Waals surface area contributed by atoms with Crippen LogP contribution in [0.2, 0.25) is 10.0 Å². The monoisotopic (exact) mass is 338 g/mol. The predicted octanol–water partition coefficient (Wildman–Crippen LogP) is 4.75. The maximum atomic E-state index is 12.1. The third kappa shape index (κ3) is 3.27. The van der Waals surface area contributed by atoms with Crippen LogP contribution in [0.4, 0.5) is 0 Å². The van der Waals surface area contributed by atoms with Crippen molar-refractivity contribution in [2.24, 2.45) is 0 Å². The van der Waals surface area contributed by atoms with E-state index in [0.29, 0.717) is 21.2 Å². The van der Waals surface area contributed by atoms with Gasteiger partial charge in [0, 0.05) is 10.0 Å². The molecule has 0 saturated carbocycles. The molecule has 5 heteroatoms. The molecule has 2 aromatic carbocycles. The zero-order chi connectivity index (χ0) is 16.3. The van der Waals surface area contributed by atoms with Crippen molar-refractivity contribution in [3.8, 4) is 0 Å². The molecule has 1 N–H and O–H groups in total. The van der Waals surface area contributed by atoms with Gasteiger partial charge in [-0.3, -0.25) is 0 Å². The largest absolute Gasteiger partial charge is 0.479 e. The van der Waals surface area contributed by atoms with E-state index in [9.17, 15) is 9.90 Å². The average Bonchev–Trinajstić information content (AvgIpc) is 2.46. The lowest BCUT2D eigenvalue weighted by Crippen LogP contribution is -2.41. The van der Waals surface area contributed by atoms with Crippen LogP contribution in [0.5, 0.6) is 0 Å². The molecule has 0 aliphatic heterocycles. The third-order valence-corrected chi connectivity index (χ3v) is 3.72. The van der Waals surface area contributed by atoms with Gasteiger partial charge in [0.1, 0.15) is 0 Å². The van der Waals surface area contributed by atoms with Crippen LogP contribution in [-0.4, -0.2) is 17.2 Å². The summed E-state index contributed by atoms with van der Waals surface area (Å²) in [6.45, 7) is 3.59. The number of aliphatic carboxylic acids is 1. The number of carboxylic acids is 1. The van der Waals surface area contributed by atoms with Crippen LogP contribution in [0.1, 0.15) is 25.0 Å². The first-order valence-electron chi connectivity index (χ1n) is 6.79. The zero-order valence-corrected chi connectivity index (χ0v) is 13.7. The summed E-state index contributed by atoms with van der Waals surface area (Å²) in [7, 11) is 0. The molecule has 0 unspecified atom stereocenters. The second-order valence-electron chi connectivity index (χ2n) is 5.17. The molecular weight excluding hydrogens is 323 g/mol. The molecule has 0 aromatic heterocycles. The smallest absolute Gasteiger partial charge is 0.345 e. The first-order valence-corrected chi connectivity index (χ1v) is 7.55. The Morgan fingerprint density at radius 3 is 1.59 bits per heavy atom. The van der Waals surface area contributed by atoms with Crippen LogP contribution in [0.3, 0.4) is 0 Å². The van der Waals surface area contributed by atoms with Gasteiger partial charge < -0.3 is 9.84 Å². The normalized spacial score (nSPS) is 11.7. The SMILES string of the molecule is CC(C)OC(C(=O)O)(c1ccc(Cl)cc1)c1ccc(Cl)cc1. The van der Waals surface area contributed by atoms with Gasteiger partial charge in [0.15, 0.2) is 0 Å². The van der Waals surface area contributed by atoms with Gasteiger partial charge >= 0.3 is 5.97 Å². The Labute approximate surface area is 139 Å². The van der Waals surface area contributed by atoms with Crippen LogP contribution >= 0.6 is 23.2 Å². The molecule has 0 spiro atoms. The highest BCUT2D eigenvalue weighted by atomic mass is 35.5. The number of rotatable bonds is 5. The maximum absolute atomic E-state index is 12.1. The fourth-order valence-corrected chi connectivity index (χ4v) is 2.57. The highest BCUT2D eigenvalue weighted by Crippen LogP contribution is 2.36. The molecule has 3 nitrogen and oxygen atoms in total. The summed E-state index contributed by atoms with van der Waals surface area (Å²) in [6, 6.07) is 13.2. The minimum absolute atomic E-state index is 0.289. The van der Waals surface area contributed by atoms with E-state index < -0.39 is 11.6 Å². The minimum atomic E-state index is -1.61. The maximum Gasteiger partial charge on any atom is 0.345 e. The molecule has 0 atom stereocenters. The minimum Gasteiger partial charge on any atom is -0.479 e. The third-order valence-electron chi connectivity index (χ3n) is 3.22. The molecule has 116 valence electrons. The van der Waals surface area contributed by atoms with Gasteiger partial charge in [-0.15, -0.1) is 0 Å². The number of carboxylic acid groups (broad SMARTS) is 1. The van der Waals surface area contributed by atoms with Crippen molar-refractivity contribution in [2.75, 3.05) is 0 Å². The van der Waals surface area contributed by atoms with Crippen molar-refractivity contribution >= 4 is 29.2 Å². The fraction of sp³-hybridized carbons (Fsp3) is 0.235. The number of hydrogen-bond donors (Lipinski definition) is 1. The van der Waals surface area contributed by atoms with E-state index in [2.05, 4.69) is 0 Å². The zero-order valence-electron chi connectivity index (χ0n) is 12.2. The molecule has 0 aliphatic carbocycles. The van der Waals surface area contributed by atoms with Gasteiger partial charge in [0.2, 0.25) is 5.60 Å².